The minimum atomic E-state index is -4.05. The summed E-state index contributed by atoms with van der Waals surface area (Å²) in [7, 11) is -4.05. The predicted molar refractivity (Wildman–Crippen MR) is 111 cm³/mol. The van der Waals surface area contributed by atoms with Gasteiger partial charge in [0.25, 0.3) is 15.9 Å². The van der Waals surface area contributed by atoms with Crippen molar-refractivity contribution < 1.29 is 32.6 Å². The molecule has 0 atom stereocenters. The van der Waals surface area contributed by atoms with E-state index in [0.29, 0.717) is 17.2 Å². The van der Waals surface area contributed by atoms with E-state index in [1.165, 1.54) is 36.4 Å². The molecule has 0 aliphatic carbocycles. The lowest BCUT2D eigenvalue weighted by atomic mass is 10.1. The molecule has 0 saturated heterocycles. The van der Waals surface area contributed by atoms with Gasteiger partial charge in [0.15, 0.2) is 11.5 Å². The monoisotopic (exact) mass is 440 g/mol. The van der Waals surface area contributed by atoms with Crippen molar-refractivity contribution in [1.82, 2.24) is 0 Å². The van der Waals surface area contributed by atoms with Crippen molar-refractivity contribution in [3.63, 3.8) is 0 Å². The third kappa shape index (κ3) is 4.28. The molecule has 9 nitrogen and oxygen atoms in total. The minimum absolute atomic E-state index is 0.0394. The average Bonchev–Trinajstić information content (AvgIpc) is 3.22. The molecule has 31 heavy (non-hydrogen) atoms. The number of rotatable bonds is 6. The first-order valence-corrected chi connectivity index (χ1v) is 10.5. The highest BCUT2D eigenvalue weighted by atomic mass is 32.2. The molecular formula is C21H16N2O7S. The maximum Gasteiger partial charge on any atom is 0.335 e. The second-order valence-corrected chi connectivity index (χ2v) is 8.19. The summed E-state index contributed by atoms with van der Waals surface area (Å²) in [4.78, 5) is 23.6. The predicted octanol–water partition coefficient (Wildman–Crippen LogP) is 3.17. The third-order valence-electron chi connectivity index (χ3n) is 4.46. The highest BCUT2D eigenvalue weighted by molar-refractivity contribution is 7.92. The van der Waals surface area contributed by atoms with Crippen LogP contribution < -0.4 is 19.5 Å². The molecule has 3 aromatic carbocycles. The standard InChI is InChI=1S/C21H16N2O7S/c24-20(22-14-7-10-18-19(11-14)30-12-29-18)16-3-1-2-4-17(16)23-31(27,28)15-8-5-13(6-9-15)21(25)26/h1-11,23H,12H2,(H,22,24)(H,25,26). The molecule has 4 rings (SSSR count). The van der Waals surface area contributed by atoms with Crippen molar-refractivity contribution in [2.24, 2.45) is 0 Å². The Morgan fingerprint density at radius 3 is 2.35 bits per heavy atom. The van der Waals surface area contributed by atoms with Gasteiger partial charge in [-0.15, -0.1) is 0 Å². The number of carbonyl (C=O) groups excluding carboxylic acids is 1. The van der Waals surface area contributed by atoms with E-state index < -0.39 is 21.9 Å². The maximum absolute atomic E-state index is 12.8. The van der Waals surface area contributed by atoms with Gasteiger partial charge in [0.2, 0.25) is 6.79 Å². The van der Waals surface area contributed by atoms with Crippen LogP contribution in [0.5, 0.6) is 11.5 Å². The molecule has 0 fully saturated rings. The van der Waals surface area contributed by atoms with Crippen molar-refractivity contribution in [2.45, 2.75) is 4.90 Å². The molecule has 0 radical (unpaired) electrons. The fourth-order valence-electron chi connectivity index (χ4n) is 2.92. The number of sulfonamides is 1. The van der Waals surface area contributed by atoms with Gasteiger partial charge in [-0.1, -0.05) is 12.1 Å². The van der Waals surface area contributed by atoms with E-state index >= 15 is 0 Å². The van der Waals surface area contributed by atoms with Crippen molar-refractivity contribution >= 4 is 33.3 Å². The van der Waals surface area contributed by atoms with Crippen molar-refractivity contribution in [3.8, 4) is 11.5 Å². The van der Waals surface area contributed by atoms with Gasteiger partial charge in [-0.25, -0.2) is 13.2 Å². The zero-order chi connectivity index (χ0) is 22.0. The summed E-state index contributed by atoms with van der Waals surface area (Å²) in [6.07, 6.45) is 0. The first-order chi connectivity index (χ1) is 14.8. The zero-order valence-corrected chi connectivity index (χ0v) is 16.7. The molecule has 1 amide bonds. The Hall–Kier alpha value is -4.05. The van der Waals surface area contributed by atoms with Crippen molar-refractivity contribution in [3.05, 3.63) is 77.9 Å². The summed E-state index contributed by atoms with van der Waals surface area (Å²) in [6, 6.07) is 15.8. The van der Waals surface area contributed by atoms with Crippen LogP contribution in [-0.4, -0.2) is 32.2 Å². The highest BCUT2D eigenvalue weighted by Gasteiger charge is 2.20. The molecule has 0 aromatic heterocycles. The third-order valence-corrected chi connectivity index (χ3v) is 5.84. The smallest absolute Gasteiger partial charge is 0.335 e. The average molecular weight is 440 g/mol. The molecule has 1 aliphatic heterocycles. The molecule has 10 heteroatoms. The highest BCUT2D eigenvalue weighted by Crippen LogP contribution is 2.34. The van der Waals surface area contributed by atoms with E-state index in [1.807, 2.05) is 0 Å². The number of aromatic carboxylic acids is 1. The first-order valence-electron chi connectivity index (χ1n) is 9.00. The summed E-state index contributed by atoms with van der Waals surface area (Å²) in [5.74, 6) is -0.627. The molecule has 158 valence electrons. The van der Waals surface area contributed by atoms with Gasteiger partial charge in [0, 0.05) is 11.8 Å². The summed E-state index contributed by atoms with van der Waals surface area (Å²) in [5.41, 5.74) is 0.590. The molecule has 0 unspecified atom stereocenters. The van der Waals surface area contributed by atoms with Gasteiger partial charge in [0.1, 0.15) is 0 Å². The van der Waals surface area contributed by atoms with E-state index in [0.717, 1.165) is 0 Å². The number of carboxylic acids is 1. The molecule has 1 heterocycles. The Balaban J connectivity index is 1.56. The van der Waals surface area contributed by atoms with Crippen LogP contribution in [0.4, 0.5) is 11.4 Å². The lowest BCUT2D eigenvalue weighted by Crippen LogP contribution is -2.18. The van der Waals surface area contributed by atoms with Crippen LogP contribution in [0.3, 0.4) is 0 Å². The second kappa shape index (κ2) is 8.00. The number of carboxylic acid groups (broad SMARTS) is 1. The van der Waals surface area contributed by atoms with Gasteiger partial charge >= 0.3 is 5.97 Å². The number of carbonyl (C=O) groups is 2. The number of hydrogen-bond donors (Lipinski definition) is 3. The van der Waals surface area contributed by atoms with Crippen LogP contribution in [0.2, 0.25) is 0 Å². The van der Waals surface area contributed by atoms with Crippen LogP contribution in [0.15, 0.2) is 71.6 Å². The Labute approximate surface area is 177 Å². The molecular weight excluding hydrogens is 424 g/mol. The molecule has 0 spiro atoms. The van der Waals surface area contributed by atoms with Crippen LogP contribution in [0.1, 0.15) is 20.7 Å². The summed E-state index contributed by atoms with van der Waals surface area (Å²) in [6.45, 7) is 0.102. The Morgan fingerprint density at radius 1 is 0.903 bits per heavy atom. The summed E-state index contributed by atoms with van der Waals surface area (Å²) >= 11 is 0. The van der Waals surface area contributed by atoms with E-state index in [2.05, 4.69) is 10.0 Å². The maximum atomic E-state index is 12.8. The molecule has 0 saturated carbocycles. The molecule has 3 aromatic rings. The van der Waals surface area contributed by atoms with Crippen molar-refractivity contribution in [2.75, 3.05) is 16.8 Å². The number of anilines is 2. The van der Waals surface area contributed by atoms with Crippen molar-refractivity contribution in [1.29, 1.82) is 0 Å². The number of hydrogen-bond acceptors (Lipinski definition) is 6. The lowest BCUT2D eigenvalue weighted by Gasteiger charge is -2.13. The van der Waals surface area contributed by atoms with Crippen LogP contribution in [0, 0.1) is 0 Å². The first kappa shape index (κ1) is 20.2. The van der Waals surface area contributed by atoms with Crippen LogP contribution >= 0.6 is 0 Å². The number of para-hydroxylation sites is 1. The van der Waals surface area contributed by atoms with Gasteiger partial charge < -0.3 is 19.9 Å². The van der Waals surface area contributed by atoms with Crippen LogP contribution in [-0.2, 0) is 10.0 Å². The SMILES string of the molecule is O=C(O)c1ccc(S(=O)(=O)Nc2ccccc2C(=O)Nc2ccc3c(c2)OCO3)cc1. The van der Waals surface area contributed by atoms with E-state index in [-0.39, 0.29) is 28.5 Å². The summed E-state index contributed by atoms with van der Waals surface area (Å²) < 4.78 is 38.3. The molecule has 1 aliphatic rings. The van der Waals surface area contributed by atoms with Gasteiger partial charge in [-0.2, -0.15) is 0 Å². The Bertz CT molecular complexity index is 1270. The number of nitrogens with one attached hydrogen (secondary N) is 2. The zero-order valence-electron chi connectivity index (χ0n) is 15.9. The summed E-state index contributed by atoms with van der Waals surface area (Å²) in [5, 5.41) is 11.7. The molecule has 3 N–H and O–H groups in total. The quantitative estimate of drug-likeness (QED) is 0.536. The Morgan fingerprint density at radius 2 is 1.61 bits per heavy atom. The van der Waals surface area contributed by atoms with Gasteiger partial charge in [0.05, 0.1) is 21.7 Å². The number of benzene rings is 3. The van der Waals surface area contributed by atoms with E-state index in [1.54, 1.807) is 30.3 Å². The van der Waals surface area contributed by atoms with Crippen LogP contribution in [0.25, 0.3) is 0 Å². The fourth-order valence-corrected chi connectivity index (χ4v) is 4.00. The lowest BCUT2D eigenvalue weighted by molar-refractivity contribution is 0.0696. The second-order valence-electron chi connectivity index (χ2n) is 6.50. The topological polar surface area (TPSA) is 131 Å². The van der Waals surface area contributed by atoms with E-state index in [9.17, 15) is 18.0 Å². The molecule has 0 bridgehead atoms. The van der Waals surface area contributed by atoms with Gasteiger partial charge in [-0.3, -0.25) is 9.52 Å². The van der Waals surface area contributed by atoms with E-state index in [4.69, 9.17) is 14.6 Å². The largest absolute Gasteiger partial charge is 0.478 e. The normalized spacial score (nSPS) is 12.3. The minimum Gasteiger partial charge on any atom is -0.478 e. The number of fused-ring (bicyclic) bond motifs is 1. The fraction of sp³-hybridized carbons (Fsp3) is 0.0476. The Kier molecular flexibility index (Phi) is 5.22. The number of ether oxygens (including phenoxy) is 2. The van der Waals surface area contributed by atoms with Gasteiger partial charge in [-0.05, 0) is 48.5 Å². The number of amides is 1.